The monoisotopic (exact) mass is 317 g/mol. The summed E-state index contributed by atoms with van der Waals surface area (Å²) in [5, 5.41) is 0. The first kappa shape index (κ1) is 15.3. The van der Waals surface area contributed by atoms with Gasteiger partial charge in [0.25, 0.3) is 0 Å². The Morgan fingerprint density at radius 1 is 1.45 bits per heavy atom. The number of thiocarbonyl (C=S) groups is 1. The molecule has 1 aliphatic carbocycles. The van der Waals surface area contributed by atoms with Gasteiger partial charge in [-0.2, -0.15) is 4.31 Å². The van der Waals surface area contributed by atoms with Gasteiger partial charge in [-0.15, -0.1) is 0 Å². The average Bonchev–Trinajstić information content (AvgIpc) is 2.89. The number of sulfonamides is 1. The van der Waals surface area contributed by atoms with Crippen molar-refractivity contribution < 1.29 is 12.8 Å². The third-order valence-electron chi connectivity index (χ3n) is 3.33. The lowest BCUT2D eigenvalue weighted by Gasteiger charge is -2.27. The molecule has 8 heteroatoms. The maximum atomic E-state index is 13.2. The molecule has 0 atom stereocenters. The molecular weight excluding hydrogens is 301 g/mol. The third-order valence-corrected chi connectivity index (χ3v) is 5.32. The summed E-state index contributed by atoms with van der Waals surface area (Å²) in [5.41, 5.74) is 5.50. The Hall–Kier alpha value is -1.12. The number of hydrogen-bond acceptors (Lipinski definition) is 4. The number of rotatable bonds is 5. The van der Waals surface area contributed by atoms with E-state index in [0.717, 1.165) is 44.1 Å². The van der Waals surface area contributed by atoms with Gasteiger partial charge >= 0.3 is 0 Å². The van der Waals surface area contributed by atoms with Crippen LogP contribution in [0.2, 0.25) is 0 Å². The minimum absolute atomic E-state index is 0.0289. The molecule has 2 N–H and O–H groups in total. The van der Waals surface area contributed by atoms with Crippen molar-refractivity contribution in [3.63, 3.8) is 0 Å². The van der Waals surface area contributed by atoms with E-state index in [0.29, 0.717) is 0 Å². The number of aromatic nitrogens is 1. The van der Waals surface area contributed by atoms with Crippen LogP contribution in [0, 0.1) is 5.82 Å². The molecular formula is C12H16FN3O2S2. The van der Waals surface area contributed by atoms with Crippen LogP contribution >= 0.6 is 12.2 Å². The van der Waals surface area contributed by atoms with E-state index < -0.39 is 15.8 Å². The Morgan fingerprint density at radius 3 is 2.65 bits per heavy atom. The maximum absolute atomic E-state index is 13.2. The van der Waals surface area contributed by atoms with Crippen molar-refractivity contribution >= 4 is 27.2 Å². The molecule has 0 spiro atoms. The SMILES string of the molecule is NC(=S)CN(C1CCCC1)S(=O)(=O)c1cncc(F)c1. The summed E-state index contributed by atoms with van der Waals surface area (Å²) in [5.74, 6) is -0.687. The van der Waals surface area contributed by atoms with Crippen LogP contribution in [0.4, 0.5) is 4.39 Å². The predicted octanol–water partition coefficient (Wildman–Crippen LogP) is 1.44. The Kier molecular flexibility index (Phi) is 4.66. The molecule has 0 saturated heterocycles. The molecule has 0 bridgehead atoms. The molecule has 0 radical (unpaired) electrons. The van der Waals surface area contributed by atoms with E-state index in [9.17, 15) is 12.8 Å². The van der Waals surface area contributed by atoms with Crippen LogP contribution in [-0.2, 0) is 10.0 Å². The highest BCUT2D eigenvalue weighted by Gasteiger charge is 2.33. The second kappa shape index (κ2) is 6.11. The highest BCUT2D eigenvalue weighted by molar-refractivity contribution is 7.89. The topological polar surface area (TPSA) is 76.3 Å². The van der Waals surface area contributed by atoms with E-state index in [1.807, 2.05) is 0 Å². The number of halogens is 1. The highest BCUT2D eigenvalue weighted by Crippen LogP contribution is 2.28. The second-order valence-electron chi connectivity index (χ2n) is 4.79. The largest absolute Gasteiger partial charge is 0.392 e. The van der Waals surface area contributed by atoms with Crippen LogP contribution in [0.1, 0.15) is 25.7 Å². The van der Waals surface area contributed by atoms with E-state index >= 15 is 0 Å². The molecule has 2 rings (SSSR count). The van der Waals surface area contributed by atoms with E-state index in [2.05, 4.69) is 4.98 Å². The van der Waals surface area contributed by atoms with Gasteiger partial charge in [0.15, 0.2) is 0 Å². The normalized spacial score (nSPS) is 16.7. The standard InChI is InChI=1S/C12H16FN3O2S2/c13-9-5-11(7-15-6-9)20(17,18)16(8-12(14)19)10-3-1-2-4-10/h5-7,10H,1-4,8H2,(H2,14,19). The second-order valence-corrected chi connectivity index (χ2v) is 7.21. The summed E-state index contributed by atoms with van der Waals surface area (Å²) in [6.07, 6.45) is 5.58. The van der Waals surface area contributed by atoms with Gasteiger partial charge in [0.1, 0.15) is 10.7 Å². The van der Waals surface area contributed by atoms with Crippen LogP contribution in [0.3, 0.4) is 0 Å². The molecule has 0 amide bonds. The van der Waals surface area contributed by atoms with Gasteiger partial charge in [-0.3, -0.25) is 4.98 Å². The van der Waals surface area contributed by atoms with Gasteiger partial charge in [0.2, 0.25) is 10.0 Å². The molecule has 1 fully saturated rings. The fraction of sp³-hybridized carbons (Fsp3) is 0.500. The van der Waals surface area contributed by atoms with Gasteiger partial charge in [-0.25, -0.2) is 12.8 Å². The Balaban J connectivity index is 2.37. The zero-order valence-corrected chi connectivity index (χ0v) is 12.5. The molecule has 20 heavy (non-hydrogen) atoms. The summed E-state index contributed by atoms with van der Waals surface area (Å²) >= 11 is 4.83. The van der Waals surface area contributed by atoms with Crippen LogP contribution in [-0.4, -0.2) is 35.3 Å². The van der Waals surface area contributed by atoms with Crippen molar-refractivity contribution in [1.29, 1.82) is 0 Å². The first-order valence-corrected chi connectivity index (χ1v) is 8.17. The molecule has 0 aromatic carbocycles. The number of hydrogen-bond donors (Lipinski definition) is 1. The number of nitrogens with two attached hydrogens (primary N) is 1. The molecule has 0 aliphatic heterocycles. The summed E-state index contributed by atoms with van der Waals surface area (Å²) in [6.45, 7) is -0.0289. The Bertz CT molecular complexity index is 600. The van der Waals surface area contributed by atoms with Gasteiger partial charge < -0.3 is 5.73 Å². The Labute approximate surface area is 123 Å². The van der Waals surface area contributed by atoms with Gasteiger partial charge in [0.05, 0.1) is 17.7 Å². The zero-order valence-electron chi connectivity index (χ0n) is 10.8. The van der Waals surface area contributed by atoms with Crippen molar-refractivity contribution in [1.82, 2.24) is 9.29 Å². The van der Waals surface area contributed by atoms with Crippen LogP contribution < -0.4 is 5.73 Å². The molecule has 1 saturated carbocycles. The van der Waals surface area contributed by atoms with Crippen LogP contribution in [0.5, 0.6) is 0 Å². The van der Waals surface area contributed by atoms with E-state index in [1.54, 1.807) is 0 Å². The summed E-state index contributed by atoms with van der Waals surface area (Å²) in [6, 6.07) is 0.828. The molecule has 0 unspecified atom stereocenters. The number of pyridine rings is 1. The predicted molar refractivity (Wildman–Crippen MR) is 77.1 cm³/mol. The maximum Gasteiger partial charge on any atom is 0.245 e. The highest BCUT2D eigenvalue weighted by atomic mass is 32.2. The van der Waals surface area contributed by atoms with Crippen molar-refractivity contribution in [2.24, 2.45) is 5.73 Å². The van der Waals surface area contributed by atoms with E-state index in [4.69, 9.17) is 18.0 Å². The lowest BCUT2D eigenvalue weighted by Crippen LogP contribution is -2.43. The first-order valence-electron chi connectivity index (χ1n) is 6.32. The zero-order chi connectivity index (χ0) is 14.8. The first-order chi connectivity index (χ1) is 9.41. The fourth-order valence-electron chi connectivity index (χ4n) is 2.43. The van der Waals surface area contributed by atoms with Crippen LogP contribution in [0.25, 0.3) is 0 Å². The Morgan fingerprint density at radius 2 is 2.10 bits per heavy atom. The molecule has 5 nitrogen and oxygen atoms in total. The molecule has 1 heterocycles. The smallest absolute Gasteiger partial charge is 0.245 e. The lowest BCUT2D eigenvalue weighted by atomic mass is 10.2. The van der Waals surface area contributed by atoms with Gasteiger partial charge in [-0.05, 0) is 18.9 Å². The van der Waals surface area contributed by atoms with Crippen LogP contribution in [0.15, 0.2) is 23.4 Å². The molecule has 1 aromatic heterocycles. The minimum Gasteiger partial charge on any atom is -0.392 e. The van der Waals surface area contributed by atoms with Crippen molar-refractivity contribution in [2.75, 3.05) is 6.54 Å². The quantitative estimate of drug-likeness (QED) is 0.832. The molecule has 110 valence electrons. The van der Waals surface area contributed by atoms with Gasteiger partial charge in [-0.1, -0.05) is 25.1 Å². The summed E-state index contributed by atoms with van der Waals surface area (Å²) < 4.78 is 39.7. The van der Waals surface area contributed by atoms with E-state index in [1.165, 1.54) is 4.31 Å². The van der Waals surface area contributed by atoms with Gasteiger partial charge in [0, 0.05) is 12.2 Å². The average molecular weight is 317 g/mol. The van der Waals surface area contributed by atoms with E-state index in [-0.39, 0.29) is 22.5 Å². The molecule has 1 aromatic rings. The van der Waals surface area contributed by atoms with Crippen molar-refractivity contribution in [2.45, 2.75) is 36.6 Å². The summed E-state index contributed by atoms with van der Waals surface area (Å²) in [4.78, 5) is 3.53. The summed E-state index contributed by atoms with van der Waals surface area (Å²) in [7, 11) is -3.84. The lowest BCUT2D eigenvalue weighted by molar-refractivity contribution is 0.354. The third kappa shape index (κ3) is 3.31. The number of nitrogens with zero attached hydrogens (tertiary/aromatic N) is 2. The van der Waals surface area contributed by atoms with Crippen molar-refractivity contribution in [3.05, 3.63) is 24.3 Å². The fourth-order valence-corrected chi connectivity index (χ4v) is 4.28. The molecule has 1 aliphatic rings. The minimum atomic E-state index is -3.84. The van der Waals surface area contributed by atoms with Crippen molar-refractivity contribution in [3.8, 4) is 0 Å².